The average Bonchev–Trinajstić information content (AvgIpc) is 3.00. The van der Waals surface area contributed by atoms with Crippen LogP contribution in [0.4, 0.5) is 14.6 Å². The zero-order chi connectivity index (χ0) is 32.6. The maximum atomic E-state index is 15.5. The summed E-state index contributed by atoms with van der Waals surface area (Å²) >= 11 is 6.81. The van der Waals surface area contributed by atoms with Crippen molar-refractivity contribution in [2.75, 3.05) is 24.5 Å². The van der Waals surface area contributed by atoms with Gasteiger partial charge in [0.2, 0.25) is 5.91 Å². The summed E-state index contributed by atoms with van der Waals surface area (Å²) in [5.41, 5.74) is 0.195. The summed E-state index contributed by atoms with van der Waals surface area (Å²) in [4.78, 5) is 43.6. The van der Waals surface area contributed by atoms with Crippen LogP contribution in [-0.4, -0.2) is 56.0 Å². The fourth-order valence-corrected chi connectivity index (χ4v) is 5.76. The molecule has 0 N–H and O–H groups in total. The van der Waals surface area contributed by atoms with Gasteiger partial charge in [-0.05, 0) is 42.7 Å². The molecule has 1 fully saturated rings. The summed E-state index contributed by atoms with van der Waals surface area (Å²) in [6.45, 7) is 8.75. The monoisotopic (exact) mass is 606 g/mol. The van der Waals surface area contributed by atoms with Crippen molar-refractivity contribution in [2.24, 2.45) is 0 Å². The molecular weight excluding hydrogens is 574 g/mol. The Hall–Kier alpha value is -4.44. The number of nitrogens with zero attached hydrogens (tertiary/aromatic N) is 6. The Labute approximate surface area is 255 Å². The molecule has 8 nitrogen and oxygen atoms in total. The molecule has 4 heterocycles. The topological polar surface area (TPSA) is 84.2 Å². The van der Waals surface area contributed by atoms with E-state index in [1.54, 1.807) is 4.90 Å². The molecule has 0 aliphatic carbocycles. The second-order valence-electron chi connectivity index (χ2n) is 10.6. The lowest BCUT2D eigenvalue weighted by Gasteiger charge is -2.40. The maximum Gasteiger partial charge on any atom is 0.355 e. The van der Waals surface area contributed by atoms with Crippen LogP contribution in [0.3, 0.4) is 0 Å². The quantitative estimate of drug-likeness (QED) is 0.237. The molecule has 1 amide bonds. The summed E-state index contributed by atoms with van der Waals surface area (Å²) in [5.74, 6) is -0.868. The number of rotatable bonds is 7. The highest BCUT2D eigenvalue weighted by Crippen LogP contribution is 2.37. The number of piperazine rings is 1. The van der Waals surface area contributed by atoms with Crippen molar-refractivity contribution in [3.63, 3.8) is 0 Å². The minimum absolute atomic E-state index is 0.0288. The van der Waals surface area contributed by atoms with Gasteiger partial charge in [0.05, 0.1) is 30.2 Å². The molecule has 3 aromatic heterocycles. The van der Waals surface area contributed by atoms with E-state index in [0.717, 1.165) is 6.08 Å². The first-order valence-corrected chi connectivity index (χ1v) is 14.1. The van der Waals surface area contributed by atoms with Crippen LogP contribution in [0.2, 0.25) is 5.02 Å². The molecule has 1 atom stereocenters. The molecule has 0 bridgehead atoms. The molecule has 1 aliphatic heterocycles. The zero-order valence-corrected chi connectivity index (χ0v) is 24.7. The summed E-state index contributed by atoms with van der Waals surface area (Å²) in [6.07, 6.45) is 3.89. The average molecular weight is 607 g/mol. The van der Waals surface area contributed by atoms with Gasteiger partial charge in [0.1, 0.15) is 18.3 Å². The molecule has 1 aromatic carbocycles. The van der Waals surface area contributed by atoms with Crippen LogP contribution in [0.5, 0.6) is 0 Å². The second kappa shape index (κ2) is 12.0. The first-order valence-electron chi connectivity index (χ1n) is 14.8. The number of pyridine rings is 2. The largest absolute Gasteiger partial charge is 0.355 e. The van der Waals surface area contributed by atoms with Gasteiger partial charge in [0, 0.05) is 43.0 Å². The number of fused-ring (bicyclic) bond motifs is 1. The summed E-state index contributed by atoms with van der Waals surface area (Å²) in [7, 11) is 0. The molecular formula is C32H31ClF2N6O2. The second-order valence-corrected chi connectivity index (χ2v) is 11.0. The maximum absolute atomic E-state index is 15.5. The van der Waals surface area contributed by atoms with Crippen molar-refractivity contribution in [3.8, 4) is 16.9 Å². The third kappa shape index (κ3) is 5.31. The molecule has 222 valence electrons. The van der Waals surface area contributed by atoms with Crippen LogP contribution in [-0.2, 0) is 11.5 Å². The molecule has 5 rings (SSSR count). The SMILES string of the molecule is [2H]C([2H])=Cc1cccc(F)c1-c1nc2c(cc1Cl)c(N1CCN(C(=O)C=C)C[C@@H]1C)nc(=O)n2-c1c(CF)ccnc1C(C)C. The van der Waals surface area contributed by atoms with Crippen molar-refractivity contribution in [2.45, 2.75) is 39.4 Å². The standard InChI is InChI=1S/C32H31ClF2N6O2/c1-6-20-9-8-10-24(35)26(20)28-23(33)15-22-30(40-14-13-39(17-19(40)5)25(42)7-2)38-32(43)41(31(22)37-28)29-21(16-34)11-12-36-27(29)18(3)4/h6-12,15,18-19H,1-2,13-14,16-17H2,3-5H3/t19-/m0/s1/i1D2. The van der Waals surface area contributed by atoms with E-state index in [1.807, 2.05) is 25.7 Å². The van der Waals surface area contributed by atoms with E-state index < -0.39 is 24.7 Å². The molecule has 1 saturated heterocycles. The number of aromatic nitrogens is 4. The van der Waals surface area contributed by atoms with Crippen LogP contribution in [0.15, 0.2) is 60.5 Å². The van der Waals surface area contributed by atoms with E-state index in [-0.39, 0.29) is 62.4 Å². The first kappa shape index (κ1) is 27.4. The van der Waals surface area contributed by atoms with Gasteiger partial charge in [0.25, 0.3) is 0 Å². The van der Waals surface area contributed by atoms with Gasteiger partial charge in [-0.1, -0.05) is 56.8 Å². The van der Waals surface area contributed by atoms with Crippen LogP contribution >= 0.6 is 11.6 Å². The fourth-order valence-electron chi connectivity index (χ4n) is 5.51. The Morgan fingerprint density at radius 1 is 1.28 bits per heavy atom. The van der Waals surface area contributed by atoms with E-state index in [0.29, 0.717) is 30.7 Å². The molecule has 0 saturated carbocycles. The number of halogens is 3. The van der Waals surface area contributed by atoms with Gasteiger partial charge in [-0.2, -0.15) is 4.98 Å². The highest BCUT2D eigenvalue weighted by Gasteiger charge is 2.31. The van der Waals surface area contributed by atoms with Crippen molar-refractivity contribution in [3.05, 3.63) is 93.9 Å². The van der Waals surface area contributed by atoms with Crippen molar-refractivity contribution >= 4 is 40.4 Å². The Balaban J connectivity index is 1.87. The van der Waals surface area contributed by atoms with E-state index >= 15 is 4.39 Å². The Bertz CT molecular complexity index is 1910. The van der Waals surface area contributed by atoms with Crippen LogP contribution in [0, 0.1) is 5.82 Å². The van der Waals surface area contributed by atoms with E-state index in [9.17, 15) is 14.0 Å². The van der Waals surface area contributed by atoms with Gasteiger partial charge in [0.15, 0.2) is 5.65 Å². The predicted molar refractivity (Wildman–Crippen MR) is 166 cm³/mol. The number of amides is 1. The third-order valence-electron chi connectivity index (χ3n) is 7.58. The fraction of sp³-hybridized carbons (Fsp3) is 0.281. The Morgan fingerprint density at radius 3 is 2.74 bits per heavy atom. The number of anilines is 1. The highest BCUT2D eigenvalue weighted by atomic mass is 35.5. The number of alkyl halides is 1. The van der Waals surface area contributed by atoms with Crippen molar-refractivity contribution in [1.29, 1.82) is 0 Å². The number of hydrogen-bond donors (Lipinski definition) is 0. The van der Waals surface area contributed by atoms with Gasteiger partial charge >= 0.3 is 5.69 Å². The Kier molecular flexibility index (Phi) is 7.67. The van der Waals surface area contributed by atoms with Gasteiger partial charge in [-0.15, -0.1) is 0 Å². The minimum Gasteiger partial charge on any atom is -0.350 e. The zero-order valence-electron chi connectivity index (χ0n) is 25.9. The van der Waals surface area contributed by atoms with Crippen molar-refractivity contribution < 1.29 is 16.3 Å². The molecule has 0 unspecified atom stereocenters. The molecule has 0 spiro atoms. The highest BCUT2D eigenvalue weighted by molar-refractivity contribution is 6.34. The number of carbonyl (C=O) groups excluding carboxylic acids is 1. The lowest BCUT2D eigenvalue weighted by atomic mass is 10.0. The lowest BCUT2D eigenvalue weighted by Crippen LogP contribution is -2.54. The molecule has 43 heavy (non-hydrogen) atoms. The normalized spacial score (nSPS) is 15.8. The Morgan fingerprint density at radius 2 is 2.07 bits per heavy atom. The van der Waals surface area contributed by atoms with E-state index in [4.69, 9.17) is 19.3 Å². The smallest absolute Gasteiger partial charge is 0.350 e. The van der Waals surface area contributed by atoms with Gasteiger partial charge in [-0.25, -0.2) is 23.1 Å². The van der Waals surface area contributed by atoms with E-state index in [2.05, 4.69) is 16.5 Å². The van der Waals surface area contributed by atoms with E-state index in [1.165, 1.54) is 47.2 Å². The number of hydrogen-bond acceptors (Lipinski definition) is 6. The number of benzene rings is 1. The minimum atomic E-state index is -0.901. The predicted octanol–water partition coefficient (Wildman–Crippen LogP) is 6.09. The van der Waals surface area contributed by atoms with Crippen LogP contribution in [0.25, 0.3) is 34.1 Å². The molecule has 11 heteroatoms. The molecule has 0 radical (unpaired) electrons. The molecule has 1 aliphatic rings. The van der Waals surface area contributed by atoms with Crippen molar-refractivity contribution in [1.82, 2.24) is 24.4 Å². The van der Waals surface area contributed by atoms with Crippen LogP contribution in [0.1, 0.15) is 46.3 Å². The summed E-state index contributed by atoms with van der Waals surface area (Å²) in [6, 6.07) is 6.92. The lowest BCUT2D eigenvalue weighted by molar-refractivity contribution is -0.126. The number of carbonyl (C=O) groups is 1. The van der Waals surface area contributed by atoms with Gasteiger partial charge < -0.3 is 9.80 Å². The third-order valence-corrected chi connectivity index (χ3v) is 7.86. The van der Waals surface area contributed by atoms with Gasteiger partial charge in [-0.3, -0.25) is 9.78 Å². The molecule has 4 aromatic rings. The summed E-state index contributed by atoms with van der Waals surface area (Å²) < 4.78 is 46.4. The van der Waals surface area contributed by atoms with Crippen LogP contribution < -0.4 is 10.6 Å². The summed E-state index contributed by atoms with van der Waals surface area (Å²) in [5, 5.41) is 0.373. The first-order chi connectivity index (χ1) is 21.5.